The molecule has 0 aliphatic rings. The molecule has 0 spiro atoms. The van der Waals surface area contributed by atoms with Gasteiger partial charge >= 0.3 is 12.1 Å². The molecule has 0 aromatic heterocycles. The Morgan fingerprint density at radius 3 is 2.45 bits per heavy atom. The van der Waals surface area contributed by atoms with Crippen LogP contribution in [-0.4, -0.2) is 60.9 Å². The van der Waals surface area contributed by atoms with Crippen molar-refractivity contribution in [2.24, 2.45) is 5.73 Å². The lowest BCUT2D eigenvalue weighted by Crippen LogP contribution is -2.42. The van der Waals surface area contributed by atoms with Crippen molar-refractivity contribution in [3.8, 4) is 0 Å². The van der Waals surface area contributed by atoms with Gasteiger partial charge in [-0.25, -0.2) is 4.79 Å². The number of hydrogen-bond donors (Lipinski definition) is 2. The van der Waals surface area contributed by atoms with Gasteiger partial charge in [-0.15, -0.1) is 10.1 Å². The first-order valence-electron chi connectivity index (χ1n) is 5.51. The number of nitrogens with zero attached hydrogens (tertiary/aromatic N) is 1. The minimum absolute atomic E-state index is 0.0183. The molecule has 0 fully saturated rings. The highest BCUT2D eigenvalue weighted by atomic mass is 17.0. The molecule has 0 heterocycles. The van der Waals surface area contributed by atoms with E-state index in [-0.39, 0.29) is 26.4 Å². The second-order valence-electron chi connectivity index (χ2n) is 3.45. The highest BCUT2D eigenvalue weighted by molar-refractivity contribution is 5.74. The van der Waals surface area contributed by atoms with Crippen LogP contribution in [0.4, 0.5) is 4.79 Å². The molecule has 0 radical (unpaired) electrons. The molecule has 0 saturated carbocycles. The van der Waals surface area contributed by atoms with Crippen molar-refractivity contribution in [2.45, 2.75) is 19.1 Å². The van der Waals surface area contributed by atoms with E-state index in [0.29, 0.717) is 0 Å². The average molecular weight is 296 g/mol. The molecule has 0 aromatic rings. The Labute approximate surface area is 113 Å². The van der Waals surface area contributed by atoms with Crippen LogP contribution in [0.5, 0.6) is 0 Å². The third-order valence-electron chi connectivity index (χ3n) is 1.94. The molecule has 2 unspecified atom stereocenters. The standard InChI is InChI=1S/C9H16N2O9/c1-6(7(10)8(12)13)20-9(14)18-4-2-17-3-5-19-11(15)16/h6-7H,2-5,10H2,1H3,(H,12,13). The fraction of sp³-hybridized carbons (Fsp3) is 0.778. The summed E-state index contributed by atoms with van der Waals surface area (Å²) in [7, 11) is 0. The number of ether oxygens (including phenoxy) is 3. The van der Waals surface area contributed by atoms with Gasteiger partial charge in [0.1, 0.15) is 25.4 Å². The first-order valence-corrected chi connectivity index (χ1v) is 5.51. The quantitative estimate of drug-likeness (QED) is 0.225. The molecule has 20 heavy (non-hydrogen) atoms. The van der Waals surface area contributed by atoms with E-state index in [0.717, 1.165) is 0 Å². The Morgan fingerprint density at radius 1 is 1.30 bits per heavy atom. The van der Waals surface area contributed by atoms with E-state index in [1.807, 2.05) is 0 Å². The molecule has 0 rings (SSSR count). The van der Waals surface area contributed by atoms with Crippen LogP contribution in [0.15, 0.2) is 0 Å². The maximum absolute atomic E-state index is 11.1. The maximum Gasteiger partial charge on any atom is 0.508 e. The Morgan fingerprint density at radius 2 is 1.90 bits per heavy atom. The Bertz CT molecular complexity index is 335. The lowest BCUT2D eigenvalue weighted by molar-refractivity contribution is -0.758. The first-order chi connectivity index (χ1) is 9.34. The molecule has 0 aliphatic carbocycles. The molecule has 11 heteroatoms. The van der Waals surface area contributed by atoms with E-state index in [2.05, 4.69) is 14.3 Å². The maximum atomic E-state index is 11.1. The van der Waals surface area contributed by atoms with Crippen LogP contribution in [0.3, 0.4) is 0 Å². The second kappa shape index (κ2) is 9.75. The summed E-state index contributed by atoms with van der Waals surface area (Å²) in [4.78, 5) is 35.3. The number of hydrogen-bond acceptors (Lipinski definition) is 9. The second-order valence-corrected chi connectivity index (χ2v) is 3.45. The zero-order valence-corrected chi connectivity index (χ0v) is 10.7. The molecule has 2 atom stereocenters. The van der Waals surface area contributed by atoms with Gasteiger partial charge in [0, 0.05) is 0 Å². The van der Waals surface area contributed by atoms with Crippen molar-refractivity contribution in [3.05, 3.63) is 10.1 Å². The molecule has 0 saturated heterocycles. The molecule has 3 N–H and O–H groups in total. The summed E-state index contributed by atoms with van der Waals surface area (Å²) in [5.74, 6) is -1.31. The number of nitrogens with two attached hydrogens (primary N) is 1. The summed E-state index contributed by atoms with van der Waals surface area (Å²) in [6, 6.07) is -1.35. The van der Waals surface area contributed by atoms with Crippen molar-refractivity contribution < 1.29 is 38.8 Å². The fourth-order valence-electron chi connectivity index (χ4n) is 0.917. The number of aliphatic carboxylic acids is 1. The van der Waals surface area contributed by atoms with Gasteiger partial charge in [-0.2, -0.15) is 0 Å². The summed E-state index contributed by atoms with van der Waals surface area (Å²) in [6.45, 7) is 0.856. The number of rotatable bonds is 10. The summed E-state index contributed by atoms with van der Waals surface area (Å²) >= 11 is 0. The highest BCUT2D eigenvalue weighted by Gasteiger charge is 2.24. The molecule has 0 aromatic carbocycles. The Kier molecular flexibility index (Phi) is 8.70. The van der Waals surface area contributed by atoms with E-state index < -0.39 is 29.4 Å². The first kappa shape index (κ1) is 17.9. The largest absolute Gasteiger partial charge is 0.508 e. The van der Waals surface area contributed by atoms with Crippen LogP contribution in [0.1, 0.15) is 6.92 Å². The van der Waals surface area contributed by atoms with Gasteiger partial charge in [-0.05, 0) is 6.92 Å². The van der Waals surface area contributed by atoms with Crippen LogP contribution < -0.4 is 5.73 Å². The topological polar surface area (TPSA) is 160 Å². The summed E-state index contributed by atoms with van der Waals surface area (Å²) in [5.41, 5.74) is 5.22. The molecule has 116 valence electrons. The molecular formula is C9H16N2O9. The van der Waals surface area contributed by atoms with E-state index in [1.54, 1.807) is 0 Å². The zero-order chi connectivity index (χ0) is 15.5. The Hall–Kier alpha value is -2.14. The molecule has 0 amide bonds. The van der Waals surface area contributed by atoms with Crippen molar-refractivity contribution in [3.63, 3.8) is 0 Å². The van der Waals surface area contributed by atoms with E-state index >= 15 is 0 Å². The SMILES string of the molecule is CC(OC(=O)OCCOCCO[N+](=O)[O-])C(N)C(=O)O. The lowest BCUT2D eigenvalue weighted by Gasteiger charge is -2.16. The molecule has 0 bridgehead atoms. The van der Waals surface area contributed by atoms with Crippen molar-refractivity contribution in [1.82, 2.24) is 0 Å². The minimum atomic E-state index is -1.35. The van der Waals surface area contributed by atoms with Crippen LogP contribution >= 0.6 is 0 Å². The van der Waals surface area contributed by atoms with Gasteiger partial charge in [0.05, 0.1) is 13.2 Å². The van der Waals surface area contributed by atoms with Crippen LogP contribution in [0.2, 0.25) is 0 Å². The molecular weight excluding hydrogens is 280 g/mol. The smallest absolute Gasteiger partial charge is 0.480 e. The molecule has 11 nitrogen and oxygen atoms in total. The van der Waals surface area contributed by atoms with Crippen LogP contribution in [-0.2, 0) is 23.8 Å². The van der Waals surface area contributed by atoms with Gasteiger partial charge in [-0.1, -0.05) is 0 Å². The number of carboxylic acids is 1. The monoisotopic (exact) mass is 296 g/mol. The summed E-state index contributed by atoms with van der Waals surface area (Å²) in [6.07, 6.45) is -2.13. The van der Waals surface area contributed by atoms with Crippen LogP contribution in [0, 0.1) is 10.1 Å². The lowest BCUT2D eigenvalue weighted by atomic mass is 10.2. The number of carboxylic acid groups (broad SMARTS) is 1. The van der Waals surface area contributed by atoms with Crippen LogP contribution in [0.25, 0.3) is 0 Å². The van der Waals surface area contributed by atoms with Gasteiger partial charge in [0.15, 0.2) is 0 Å². The number of carbonyl (C=O) groups is 2. The van der Waals surface area contributed by atoms with Crippen molar-refractivity contribution >= 4 is 12.1 Å². The van der Waals surface area contributed by atoms with Gasteiger partial charge < -0.3 is 29.9 Å². The zero-order valence-electron chi connectivity index (χ0n) is 10.7. The molecule has 0 aliphatic heterocycles. The number of carbonyl (C=O) groups excluding carboxylic acids is 1. The Balaban J connectivity index is 3.59. The van der Waals surface area contributed by atoms with E-state index in [9.17, 15) is 19.7 Å². The van der Waals surface area contributed by atoms with Crippen molar-refractivity contribution in [2.75, 3.05) is 26.4 Å². The van der Waals surface area contributed by atoms with Gasteiger partial charge in [-0.3, -0.25) is 4.79 Å². The van der Waals surface area contributed by atoms with Crippen molar-refractivity contribution in [1.29, 1.82) is 0 Å². The van der Waals surface area contributed by atoms with E-state index in [1.165, 1.54) is 6.92 Å². The fourth-order valence-corrected chi connectivity index (χ4v) is 0.917. The van der Waals surface area contributed by atoms with Gasteiger partial charge in [0.2, 0.25) is 0 Å². The average Bonchev–Trinajstić information content (AvgIpc) is 2.35. The normalized spacial score (nSPS) is 13.1. The minimum Gasteiger partial charge on any atom is -0.480 e. The third-order valence-corrected chi connectivity index (χ3v) is 1.94. The highest BCUT2D eigenvalue weighted by Crippen LogP contribution is 1.99. The summed E-state index contributed by atoms with van der Waals surface area (Å²) < 4.78 is 14.0. The van der Waals surface area contributed by atoms with E-state index in [4.69, 9.17) is 15.6 Å². The summed E-state index contributed by atoms with van der Waals surface area (Å²) in [5, 5.41) is 17.4. The predicted molar refractivity (Wildman–Crippen MR) is 61.3 cm³/mol. The van der Waals surface area contributed by atoms with Gasteiger partial charge in [0.25, 0.3) is 5.09 Å². The predicted octanol–water partition coefficient (Wildman–Crippen LogP) is -0.835. The third kappa shape index (κ3) is 8.88.